The van der Waals surface area contributed by atoms with Gasteiger partial charge in [-0.05, 0) is 99.9 Å². The van der Waals surface area contributed by atoms with E-state index in [1.54, 1.807) is 42.3 Å². The third kappa shape index (κ3) is 7.29. The van der Waals surface area contributed by atoms with Crippen molar-refractivity contribution in [2.45, 2.75) is 99.7 Å². The third-order valence-corrected chi connectivity index (χ3v) is 13.3. The number of benzene rings is 2. The third-order valence-electron chi connectivity index (χ3n) is 13.3. The van der Waals surface area contributed by atoms with E-state index in [4.69, 9.17) is 15.7 Å². The fourth-order valence-electron chi connectivity index (χ4n) is 10.2. The second-order valence-electron chi connectivity index (χ2n) is 16.7. The largest absolute Gasteiger partial charge is 0.507 e. The number of piperidine rings is 2. The number of anilines is 4. The second kappa shape index (κ2) is 15.4. The number of nitrogen functional groups attached to an aromatic ring is 1. The highest BCUT2D eigenvalue weighted by molar-refractivity contribution is 6.01. The molecule has 9 rings (SSSR count). The Morgan fingerprint density at radius 2 is 1.66 bits per heavy atom. The summed E-state index contributed by atoms with van der Waals surface area (Å²) in [5.74, 6) is -2.96. The highest BCUT2D eigenvalue weighted by Gasteiger charge is 2.47. The molecule has 2 bridgehead atoms. The molecule has 0 radical (unpaired) electrons. The van der Waals surface area contributed by atoms with Crippen molar-refractivity contribution in [1.82, 2.24) is 30.4 Å². The Bertz CT molecular complexity index is 2170. The smallest absolute Gasteiger partial charge is 0.267 e. The van der Waals surface area contributed by atoms with Gasteiger partial charge in [0.25, 0.3) is 5.92 Å². The summed E-state index contributed by atoms with van der Waals surface area (Å²) >= 11 is 0. The van der Waals surface area contributed by atoms with Gasteiger partial charge in [0.15, 0.2) is 5.82 Å². The molecule has 58 heavy (non-hydrogen) atoms. The van der Waals surface area contributed by atoms with Crippen molar-refractivity contribution in [2.75, 3.05) is 53.7 Å². The lowest BCUT2D eigenvalue weighted by Crippen LogP contribution is -2.54. The van der Waals surface area contributed by atoms with Gasteiger partial charge in [0.1, 0.15) is 11.8 Å². The number of fused-ring (bicyclic) bond motifs is 2. The van der Waals surface area contributed by atoms with Crippen LogP contribution in [0.5, 0.6) is 5.75 Å². The number of imide groups is 1. The lowest BCUT2D eigenvalue weighted by atomic mass is 9.80. The van der Waals surface area contributed by atoms with E-state index in [9.17, 15) is 14.7 Å². The number of para-hydroxylation sites is 1. The summed E-state index contributed by atoms with van der Waals surface area (Å²) in [5, 5.41) is 21.3. The second-order valence-corrected chi connectivity index (χ2v) is 16.7. The molecule has 2 aromatic carbocycles. The number of nitrogens with zero attached hydrogens (tertiary/aromatic N) is 8. The molecule has 4 aliphatic heterocycles. The lowest BCUT2D eigenvalue weighted by Gasteiger charge is -2.44. The number of rotatable bonds is 8. The molecule has 5 fully saturated rings. The van der Waals surface area contributed by atoms with Crippen LogP contribution in [-0.2, 0) is 9.59 Å². The van der Waals surface area contributed by atoms with Crippen molar-refractivity contribution in [3.8, 4) is 17.0 Å². The number of likely N-dealkylation sites (tertiary alicyclic amines) is 1. The van der Waals surface area contributed by atoms with E-state index in [0.29, 0.717) is 47.7 Å². The summed E-state index contributed by atoms with van der Waals surface area (Å²) in [6.45, 7) is 1.80. The molecule has 13 nitrogen and oxygen atoms in total. The number of aromatic nitrogens is 4. The lowest BCUT2D eigenvalue weighted by molar-refractivity contribution is -0.134. The fraction of sp³-hybridized carbons (Fsp3) is 0.488. The van der Waals surface area contributed by atoms with Gasteiger partial charge in [-0.2, -0.15) is 0 Å². The molecular formula is C43H50F2N10O3. The summed E-state index contributed by atoms with van der Waals surface area (Å²) in [7, 11) is 1.78. The number of hydrogen-bond acceptors (Lipinski definition) is 12. The Morgan fingerprint density at radius 3 is 2.40 bits per heavy atom. The summed E-state index contributed by atoms with van der Waals surface area (Å²) < 4.78 is 32.0. The first-order valence-corrected chi connectivity index (χ1v) is 20.6. The Labute approximate surface area is 336 Å². The monoisotopic (exact) mass is 792 g/mol. The summed E-state index contributed by atoms with van der Waals surface area (Å²) in [5.41, 5.74) is 10.6. The zero-order valence-corrected chi connectivity index (χ0v) is 32.7. The number of carbonyl (C=O) groups excluding carboxylic acids is 2. The van der Waals surface area contributed by atoms with Crippen LogP contribution >= 0.6 is 0 Å². The van der Waals surface area contributed by atoms with Crippen molar-refractivity contribution >= 4 is 35.0 Å². The molecule has 4 aromatic rings. The van der Waals surface area contributed by atoms with Gasteiger partial charge in [-0.25, -0.2) is 18.7 Å². The van der Waals surface area contributed by atoms with Crippen LogP contribution in [0.3, 0.4) is 0 Å². The van der Waals surface area contributed by atoms with E-state index in [1.807, 2.05) is 41.4 Å². The first kappa shape index (κ1) is 38.1. The predicted molar refractivity (Wildman–Crippen MR) is 217 cm³/mol. The minimum absolute atomic E-state index is 0.0970. The molecule has 2 amide bonds. The molecule has 4 saturated heterocycles. The SMILES string of the molecule is CN(c1cccc([C@H]2CCN(C3CCC(c4ccnc(N5[C@@H]6CC[C@H]5CN(c5cc(-c7ccccc7O)nnc5N)C6)n4)CC3)CC2(F)F)c1)C1CCC(=O)NC1=O. The number of phenolic OH excluding ortho intramolecular Hbond substituents is 1. The number of phenols is 1. The molecule has 15 heteroatoms. The molecule has 4 N–H and O–H groups in total. The molecule has 1 saturated carbocycles. The van der Waals surface area contributed by atoms with Crippen LogP contribution < -0.4 is 25.8 Å². The van der Waals surface area contributed by atoms with Crippen LogP contribution in [0, 0.1) is 0 Å². The Hall–Kier alpha value is -5.44. The van der Waals surface area contributed by atoms with E-state index < -0.39 is 17.9 Å². The predicted octanol–water partition coefficient (Wildman–Crippen LogP) is 5.47. The van der Waals surface area contributed by atoms with Gasteiger partial charge in [-0.3, -0.25) is 19.8 Å². The topological polar surface area (TPSA) is 157 Å². The van der Waals surface area contributed by atoms with Crippen LogP contribution in [0.15, 0.2) is 66.9 Å². The molecule has 1 unspecified atom stereocenters. The quantitative estimate of drug-likeness (QED) is 0.194. The van der Waals surface area contributed by atoms with E-state index in [0.717, 1.165) is 68.9 Å². The van der Waals surface area contributed by atoms with E-state index in [1.165, 1.54) is 0 Å². The maximum atomic E-state index is 16.0. The molecule has 2 aromatic heterocycles. The molecule has 5 aliphatic rings. The summed E-state index contributed by atoms with van der Waals surface area (Å²) in [6, 6.07) is 18.1. The number of nitrogens with one attached hydrogen (secondary N) is 1. The van der Waals surface area contributed by atoms with Gasteiger partial charge in [0, 0.05) is 73.7 Å². The molecule has 1 aliphatic carbocycles. The summed E-state index contributed by atoms with van der Waals surface area (Å²) in [6.07, 6.45) is 8.33. The van der Waals surface area contributed by atoms with Gasteiger partial charge in [-0.15, -0.1) is 10.2 Å². The first-order chi connectivity index (χ1) is 28.0. The number of hydrogen-bond donors (Lipinski definition) is 3. The fourth-order valence-corrected chi connectivity index (χ4v) is 10.2. The maximum Gasteiger partial charge on any atom is 0.267 e. The van der Waals surface area contributed by atoms with Crippen molar-refractivity contribution in [1.29, 1.82) is 0 Å². The van der Waals surface area contributed by atoms with Crippen molar-refractivity contribution in [3.63, 3.8) is 0 Å². The van der Waals surface area contributed by atoms with Gasteiger partial charge >= 0.3 is 0 Å². The molecular weight excluding hydrogens is 743 g/mol. The highest BCUT2D eigenvalue weighted by atomic mass is 19.3. The number of halogens is 2. The minimum Gasteiger partial charge on any atom is -0.507 e. The molecule has 0 spiro atoms. The normalized spacial score (nSPS) is 27.4. The number of alkyl halides is 2. The number of amides is 2. The standard InChI is InChI=1S/C43H50F2N10O3/c1-52(36-15-16-39(57)49-41(36)58)29-6-4-5-27(21-29)33-18-20-53(25-43(33,44)45)28-11-9-26(10-12-28)34-17-19-47-42(48-34)55-30-13-14-31(55)24-54(23-30)37-22-35(50-51-40(37)46)32-7-2-3-8-38(32)56/h2-8,17,19,21-22,26,28,30-31,33,36,56H,9-16,18,20,23-25H2,1H3,(H2,46,51)(H,49,57,58)/t26?,28?,30-,31+,33-,36?/m1/s1. The number of piperazine rings is 1. The highest BCUT2D eigenvalue weighted by Crippen LogP contribution is 2.45. The van der Waals surface area contributed by atoms with Crippen molar-refractivity contribution < 1.29 is 23.5 Å². The van der Waals surface area contributed by atoms with Gasteiger partial charge in [-0.1, -0.05) is 24.3 Å². The maximum absolute atomic E-state index is 16.0. The van der Waals surface area contributed by atoms with E-state index in [2.05, 4.69) is 25.3 Å². The van der Waals surface area contributed by atoms with Crippen LogP contribution in [0.2, 0.25) is 0 Å². The number of nitrogens with two attached hydrogens (primary N) is 1. The van der Waals surface area contributed by atoms with Crippen molar-refractivity contribution in [2.24, 2.45) is 0 Å². The molecule has 6 heterocycles. The van der Waals surface area contributed by atoms with E-state index >= 15 is 8.78 Å². The average Bonchev–Trinajstić information content (AvgIpc) is 3.49. The minimum atomic E-state index is -2.90. The number of carbonyl (C=O) groups is 2. The molecule has 304 valence electrons. The van der Waals surface area contributed by atoms with Crippen LogP contribution in [0.25, 0.3) is 11.3 Å². The molecule has 4 atom stereocenters. The Morgan fingerprint density at radius 1 is 0.897 bits per heavy atom. The zero-order chi connectivity index (χ0) is 40.1. The van der Waals surface area contributed by atoms with Crippen LogP contribution in [-0.4, -0.2) is 105 Å². The Kier molecular flexibility index (Phi) is 10.1. The van der Waals surface area contributed by atoms with Gasteiger partial charge < -0.3 is 25.5 Å². The number of likely N-dealkylation sites (N-methyl/N-ethyl adjacent to an activating group) is 1. The first-order valence-electron chi connectivity index (χ1n) is 20.6. The van der Waals surface area contributed by atoms with Crippen LogP contribution in [0.1, 0.15) is 80.9 Å². The van der Waals surface area contributed by atoms with Crippen LogP contribution in [0.4, 0.5) is 31.9 Å². The average molecular weight is 793 g/mol. The zero-order valence-electron chi connectivity index (χ0n) is 32.7. The van der Waals surface area contributed by atoms with Gasteiger partial charge in [0.05, 0.1) is 23.8 Å². The van der Waals surface area contributed by atoms with E-state index in [-0.39, 0.29) is 54.6 Å². The van der Waals surface area contributed by atoms with Gasteiger partial charge in [0.2, 0.25) is 17.8 Å². The summed E-state index contributed by atoms with van der Waals surface area (Å²) in [4.78, 5) is 42.5. The number of aromatic hydroxyl groups is 1. The van der Waals surface area contributed by atoms with Crippen molar-refractivity contribution in [3.05, 3.63) is 78.1 Å². The Balaban J connectivity index is 0.816.